The summed E-state index contributed by atoms with van der Waals surface area (Å²) in [7, 11) is -2.38. The van der Waals surface area contributed by atoms with Crippen molar-refractivity contribution in [2.24, 2.45) is 0 Å². The van der Waals surface area contributed by atoms with E-state index in [1.165, 1.54) is 24.8 Å². The number of aromatic nitrogens is 8. The Labute approximate surface area is 352 Å². The summed E-state index contributed by atoms with van der Waals surface area (Å²) in [5.41, 5.74) is 4.33. The van der Waals surface area contributed by atoms with Crippen LogP contribution in [-0.4, -0.2) is 112 Å². The fourth-order valence-corrected chi connectivity index (χ4v) is 8.76. The first kappa shape index (κ1) is 45.2. The average molecular weight is 878 g/mol. The summed E-state index contributed by atoms with van der Waals surface area (Å²) < 4.78 is 76.6. The number of ether oxygens (including phenoxy) is 4. The van der Waals surface area contributed by atoms with Crippen LogP contribution in [0.25, 0.3) is 34.2 Å². The number of hydrogen-bond acceptors (Lipinski definition) is 14. The van der Waals surface area contributed by atoms with Gasteiger partial charge in [0.25, 0.3) is 0 Å². The van der Waals surface area contributed by atoms with E-state index < -0.39 is 27.9 Å². The van der Waals surface area contributed by atoms with Crippen molar-refractivity contribution in [1.29, 1.82) is 0 Å². The lowest BCUT2D eigenvalue weighted by Gasteiger charge is -2.26. The van der Waals surface area contributed by atoms with E-state index in [-0.39, 0.29) is 17.5 Å². The molecule has 0 saturated heterocycles. The zero-order chi connectivity index (χ0) is 44.0. The lowest BCUT2D eigenvalue weighted by atomic mass is 10.2. The van der Waals surface area contributed by atoms with Crippen LogP contribution >= 0.6 is 0 Å². The van der Waals surface area contributed by atoms with Crippen LogP contribution in [0.1, 0.15) is 17.0 Å². The molecule has 4 heterocycles. The number of pyridine rings is 2. The predicted molar refractivity (Wildman–Crippen MR) is 234 cm³/mol. The highest BCUT2D eigenvalue weighted by atomic mass is 32.2. The van der Waals surface area contributed by atoms with E-state index in [0.29, 0.717) is 63.7 Å². The standard InChI is InChI=1S/C22H31N5O4SSi.C18H20N4O4S/c1-16-13-17(15-23-14-16)21-24-25-22(26(32(4,28)29)11-12-33(5,6)7)27(21)20-18(30-2)9-8-10-19(20)31-3;1-12-8-13(10-19-9-12)18-21-20-16(11-27(4,23)24)22(18)17-14(25-2)6-5-7-15(17)26-3/h8-10,13-15H,11-12H2,1-7H3;5-10H,11H2,1-4H3. The maximum absolute atomic E-state index is 12.9. The Balaban J connectivity index is 0.000000232. The van der Waals surface area contributed by atoms with Crippen LogP contribution in [0.2, 0.25) is 25.7 Å². The number of sulfone groups is 1. The van der Waals surface area contributed by atoms with E-state index >= 15 is 0 Å². The van der Waals surface area contributed by atoms with Gasteiger partial charge in [-0.2, -0.15) is 0 Å². The SMILES string of the molecule is COc1cccc(OC)c1-n1c(-c2cncc(C)c2)nnc1N(CC[Si](C)(C)C)S(C)(=O)=O.COc1cccc(OC)c1-n1c(CS(C)(=O)=O)nnc1-c1cncc(C)c1. The topological polar surface area (TPSA) is 196 Å². The third-order valence-corrected chi connectivity index (χ3v) is 12.6. The molecule has 0 aliphatic rings. The van der Waals surface area contributed by atoms with Gasteiger partial charge in [0.2, 0.25) is 16.0 Å². The summed E-state index contributed by atoms with van der Waals surface area (Å²) >= 11 is 0. The molecule has 0 unspecified atom stereocenters. The maximum Gasteiger partial charge on any atom is 0.246 e. The Morgan fingerprint density at radius 3 is 1.47 bits per heavy atom. The van der Waals surface area contributed by atoms with Gasteiger partial charge in [-0.3, -0.25) is 19.1 Å². The van der Waals surface area contributed by atoms with Crippen LogP contribution in [0.4, 0.5) is 5.95 Å². The second kappa shape index (κ2) is 18.6. The number of aryl methyl sites for hydroxylation is 2. The lowest BCUT2D eigenvalue weighted by molar-refractivity contribution is 0.390. The van der Waals surface area contributed by atoms with Crippen LogP contribution in [0.3, 0.4) is 0 Å². The van der Waals surface area contributed by atoms with Gasteiger partial charge in [-0.25, -0.2) is 21.1 Å². The molecular formula is C40H51N9O8S2Si. The molecular weight excluding hydrogens is 827 g/mol. The van der Waals surface area contributed by atoms with Crippen molar-refractivity contribution in [2.45, 2.75) is 45.3 Å². The molecule has 6 rings (SSSR count). The quantitative estimate of drug-likeness (QED) is 0.110. The molecule has 0 aliphatic heterocycles. The molecule has 0 saturated carbocycles. The van der Waals surface area contributed by atoms with Crippen molar-refractivity contribution in [1.82, 2.24) is 39.5 Å². The first-order valence-corrected chi connectivity index (χ1v) is 26.2. The molecule has 0 aliphatic carbocycles. The van der Waals surface area contributed by atoms with Crippen molar-refractivity contribution in [2.75, 3.05) is 51.8 Å². The van der Waals surface area contributed by atoms with Crippen molar-refractivity contribution >= 4 is 33.9 Å². The molecule has 2 aromatic carbocycles. The summed E-state index contributed by atoms with van der Waals surface area (Å²) in [4.78, 5) is 8.48. The van der Waals surface area contributed by atoms with Crippen LogP contribution in [0.15, 0.2) is 73.3 Å². The van der Waals surface area contributed by atoms with Crippen LogP contribution in [0, 0.1) is 13.8 Å². The van der Waals surface area contributed by atoms with Crippen LogP contribution < -0.4 is 23.3 Å². The van der Waals surface area contributed by atoms with Gasteiger partial charge < -0.3 is 18.9 Å². The van der Waals surface area contributed by atoms with Gasteiger partial charge >= 0.3 is 0 Å². The summed E-state index contributed by atoms with van der Waals surface area (Å²) in [6.45, 7) is 10.7. The zero-order valence-corrected chi connectivity index (χ0v) is 38.3. The highest BCUT2D eigenvalue weighted by Crippen LogP contribution is 2.40. The molecule has 6 aromatic rings. The Morgan fingerprint density at radius 2 is 1.07 bits per heavy atom. The minimum absolute atomic E-state index is 0.176. The van der Waals surface area contributed by atoms with Crippen molar-refractivity contribution in [3.8, 4) is 57.1 Å². The van der Waals surface area contributed by atoms with E-state index in [9.17, 15) is 16.8 Å². The van der Waals surface area contributed by atoms with Gasteiger partial charge in [-0.1, -0.05) is 31.8 Å². The molecule has 0 fully saturated rings. The number of rotatable bonds is 15. The minimum Gasteiger partial charge on any atom is -0.494 e. The first-order valence-electron chi connectivity index (χ1n) is 18.6. The zero-order valence-electron chi connectivity index (χ0n) is 35.7. The fraction of sp³-hybridized carbons (Fsp3) is 0.350. The number of sulfonamides is 1. The summed E-state index contributed by atoms with van der Waals surface area (Å²) in [6.07, 6.45) is 9.13. The van der Waals surface area contributed by atoms with E-state index in [0.717, 1.165) is 23.4 Å². The smallest absolute Gasteiger partial charge is 0.246 e. The normalized spacial score (nSPS) is 11.7. The van der Waals surface area contributed by atoms with Crippen molar-refractivity contribution in [3.05, 3.63) is 90.3 Å². The van der Waals surface area contributed by atoms with E-state index in [4.69, 9.17) is 18.9 Å². The molecule has 0 N–H and O–H groups in total. The van der Waals surface area contributed by atoms with Crippen molar-refractivity contribution in [3.63, 3.8) is 0 Å². The molecule has 0 spiro atoms. The first-order chi connectivity index (χ1) is 28.3. The van der Waals surface area contributed by atoms with E-state index in [1.54, 1.807) is 84.5 Å². The van der Waals surface area contributed by atoms with Gasteiger partial charge in [0, 0.05) is 56.8 Å². The molecule has 320 valence electrons. The molecule has 60 heavy (non-hydrogen) atoms. The fourth-order valence-electron chi connectivity index (χ4n) is 6.21. The largest absolute Gasteiger partial charge is 0.494 e. The highest BCUT2D eigenvalue weighted by Gasteiger charge is 2.31. The Kier molecular flexibility index (Phi) is 14.0. The Hall–Kier alpha value is -5.86. The monoisotopic (exact) mass is 877 g/mol. The molecule has 0 radical (unpaired) electrons. The summed E-state index contributed by atoms with van der Waals surface area (Å²) in [6, 6.07) is 15.3. The number of anilines is 1. The van der Waals surface area contributed by atoms with Crippen molar-refractivity contribution < 1.29 is 35.8 Å². The molecule has 20 heteroatoms. The van der Waals surface area contributed by atoms with Crippen LogP contribution in [0.5, 0.6) is 23.0 Å². The average Bonchev–Trinajstić information content (AvgIpc) is 3.80. The van der Waals surface area contributed by atoms with Gasteiger partial charge in [-0.15, -0.1) is 20.4 Å². The Bertz CT molecular complexity index is 2640. The third-order valence-electron chi connectivity index (χ3n) is 8.97. The Morgan fingerprint density at radius 1 is 0.633 bits per heavy atom. The molecule has 17 nitrogen and oxygen atoms in total. The van der Waals surface area contributed by atoms with E-state index in [2.05, 4.69) is 50.0 Å². The molecule has 0 amide bonds. The van der Waals surface area contributed by atoms with E-state index in [1.807, 2.05) is 26.0 Å². The second-order valence-corrected chi connectivity index (χ2v) is 24.8. The minimum atomic E-state index is -3.65. The number of hydrogen-bond donors (Lipinski definition) is 0. The summed E-state index contributed by atoms with van der Waals surface area (Å²) in [5, 5.41) is 17.1. The van der Waals surface area contributed by atoms with Gasteiger partial charge in [-0.05, 0) is 67.4 Å². The number of para-hydroxylation sites is 2. The third kappa shape index (κ3) is 10.7. The molecule has 0 atom stereocenters. The molecule has 0 bridgehead atoms. The predicted octanol–water partition coefficient (Wildman–Crippen LogP) is 5.96. The molecule has 4 aromatic heterocycles. The van der Waals surface area contributed by atoms with Gasteiger partial charge in [0.1, 0.15) is 40.1 Å². The summed E-state index contributed by atoms with van der Waals surface area (Å²) in [5.74, 6) is 3.05. The van der Waals surface area contributed by atoms with Crippen LogP contribution in [-0.2, 0) is 25.6 Å². The number of benzene rings is 2. The second-order valence-electron chi connectivity index (χ2n) is 15.2. The number of nitrogens with zero attached hydrogens (tertiary/aromatic N) is 9. The lowest BCUT2D eigenvalue weighted by Crippen LogP contribution is -2.37. The number of methoxy groups -OCH3 is 4. The highest BCUT2D eigenvalue weighted by molar-refractivity contribution is 7.92. The van der Waals surface area contributed by atoms with Gasteiger partial charge in [0.15, 0.2) is 27.3 Å². The van der Waals surface area contributed by atoms with Gasteiger partial charge in [0.05, 0.1) is 34.7 Å². The maximum atomic E-state index is 12.9.